The van der Waals surface area contributed by atoms with Crippen LogP contribution in [0.4, 0.5) is 4.79 Å². The molecule has 0 aromatic carbocycles. The number of carbonyl (C=O) groups excluding carboxylic acids is 4. The van der Waals surface area contributed by atoms with Gasteiger partial charge in [0.15, 0.2) is 6.10 Å². The van der Waals surface area contributed by atoms with E-state index in [1.54, 1.807) is 27.7 Å². The molecule has 0 aliphatic heterocycles. The lowest BCUT2D eigenvalue weighted by Crippen LogP contribution is -2.44. The fraction of sp³-hybridized carbons (Fsp3) is 0.500. The fourth-order valence-electron chi connectivity index (χ4n) is 2.15. The molecule has 9 heteroatoms. The number of aromatic amines is 1. The first-order chi connectivity index (χ1) is 11.7. The second kappa shape index (κ2) is 8.86. The van der Waals surface area contributed by atoms with Gasteiger partial charge in [0.1, 0.15) is 5.69 Å². The number of amides is 3. The number of aryl methyl sites for hydroxylation is 1. The predicted molar refractivity (Wildman–Crippen MR) is 88.3 cm³/mol. The lowest BCUT2D eigenvalue weighted by atomic mass is 10.1. The molecule has 1 atom stereocenters. The Morgan fingerprint density at radius 1 is 1.12 bits per heavy atom. The van der Waals surface area contributed by atoms with Gasteiger partial charge in [-0.1, -0.05) is 0 Å². The molecule has 3 amide bonds. The first-order valence-corrected chi connectivity index (χ1v) is 7.88. The lowest BCUT2D eigenvalue weighted by Gasteiger charge is -2.13. The van der Waals surface area contributed by atoms with Crippen LogP contribution in [0, 0.1) is 13.8 Å². The summed E-state index contributed by atoms with van der Waals surface area (Å²) in [7, 11) is 0. The highest BCUT2D eigenvalue weighted by Crippen LogP contribution is 2.20. The minimum Gasteiger partial charge on any atom is -0.461 e. The summed E-state index contributed by atoms with van der Waals surface area (Å²) < 4.78 is 10.0. The topological polar surface area (TPSA) is 127 Å². The van der Waals surface area contributed by atoms with Gasteiger partial charge in [-0.25, -0.2) is 14.4 Å². The fourth-order valence-corrected chi connectivity index (χ4v) is 2.15. The number of H-pyrrole nitrogens is 1. The van der Waals surface area contributed by atoms with E-state index in [-0.39, 0.29) is 17.9 Å². The molecule has 9 nitrogen and oxygen atoms in total. The van der Waals surface area contributed by atoms with Crippen LogP contribution in [-0.4, -0.2) is 48.1 Å². The van der Waals surface area contributed by atoms with E-state index in [1.807, 2.05) is 0 Å². The zero-order valence-corrected chi connectivity index (χ0v) is 14.9. The molecule has 0 bridgehead atoms. The zero-order valence-electron chi connectivity index (χ0n) is 14.9. The van der Waals surface area contributed by atoms with E-state index in [0.29, 0.717) is 17.8 Å². The number of nitrogens with one attached hydrogen (secondary N) is 3. The van der Waals surface area contributed by atoms with Crippen molar-refractivity contribution in [3.8, 4) is 0 Å². The SMILES string of the molecule is CCNC(=O)NC(=O)[C@H](C)OC(=O)c1c(C)[nH]c(C(=O)OCC)c1C. The molecule has 1 rings (SSSR count). The Morgan fingerprint density at radius 3 is 2.32 bits per heavy atom. The van der Waals surface area contributed by atoms with Gasteiger partial charge in [0.05, 0.1) is 12.2 Å². The summed E-state index contributed by atoms with van der Waals surface area (Å²) in [5, 5.41) is 4.45. The van der Waals surface area contributed by atoms with E-state index in [9.17, 15) is 19.2 Å². The van der Waals surface area contributed by atoms with Crippen LogP contribution in [0.25, 0.3) is 0 Å². The summed E-state index contributed by atoms with van der Waals surface area (Å²) in [5.41, 5.74) is 1.10. The van der Waals surface area contributed by atoms with Crippen molar-refractivity contribution in [1.82, 2.24) is 15.6 Å². The lowest BCUT2D eigenvalue weighted by molar-refractivity contribution is -0.127. The molecule has 0 saturated heterocycles. The summed E-state index contributed by atoms with van der Waals surface area (Å²) in [6, 6.07) is -0.672. The molecule has 3 N–H and O–H groups in total. The highest BCUT2D eigenvalue weighted by atomic mass is 16.5. The average Bonchev–Trinajstić information content (AvgIpc) is 2.82. The summed E-state index contributed by atoms with van der Waals surface area (Å²) in [6.45, 7) is 8.45. The Bertz CT molecular complexity index is 680. The average molecular weight is 353 g/mol. The molecular weight excluding hydrogens is 330 g/mol. The number of urea groups is 1. The highest BCUT2D eigenvalue weighted by molar-refractivity contribution is 6.01. The molecule has 1 heterocycles. The summed E-state index contributed by atoms with van der Waals surface area (Å²) >= 11 is 0. The number of esters is 2. The van der Waals surface area contributed by atoms with Crippen LogP contribution in [0.5, 0.6) is 0 Å². The third-order valence-corrected chi connectivity index (χ3v) is 3.35. The monoisotopic (exact) mass is 353 g/mol. The molecule has 0 aliphatic carbocycles. The molecular formula is C16H23N3O6. The van der Waals surface area contributed by atoms with Gasteiger partial charge in [0.25, 0.3) is 5.91 Å². The van der Waals surface area contributed by atoms with Gasteiger partial charge in [0.2, 0.25) is 0 Å². The number of hydrogen-bond acceptors (Lipinski definition) is 6. The van der Waals surface area contributed by atoms with Gasteiger partial charge in [-0.3, -0.25) is 10.1 Å². The molecule has 1 aromatic rings. The van der Waals surface area contributed by atoms with Gasteiger partial charge in [-0.15, -0.1) is 0 Å². The number of rotatable bonds is 6. The summed E-state index contributed by atoms with van der Waals surface area (Å²) in [5.74, 6) is -2.11. The van der Waals surface area contributed by atoms with Crippen LogP contribution < -0.4 is 10.6 Å². The van der Waals surface area contributed by atoms with Crippen LogP contribution in [-0.2, 0) is 14.3 Å². The van der Waals surface area contributed by atoms with E-state index < -0.39 is 30.0 Å². The van der Waals surface area contributed by atoms with Gasteiger partial charge in [-0.2, -0.15) is 0 Å². The van der Waals surface area contributed by atoms with Crippen molar-refractivity contribution < 1.29 is 28.7 Å². The molecule has 25 heavy (non-hydrogen) atoms. The maximum atomic E-state index is 12.3. The first kappa shape index (κ1) is 20.2. The Labute approximate surface area is 145 Å². The minimum absolute atomic E-state index is 0.153. The van der Waals surface area contributed by atoms with E-state index in [4.69, 9.17) is 9.47 Å². The second-order valence-corrected chi connectivity index (χ2v) is 5.24. The minimum atomic E-state index is -1.19. The Hall–Kier alpha value is -2.84. The molecule has 1 aromatic heterocycles. The summed E-state index contributed by atoms with van der Waals surface area (Å²) in [4.78, 5) is 50.1. The van der Waals surface area contributed by atoms with Crippen molar-refractivity contribution >= 4 is 23.9 Å². The molecule has 0 radical (unpaired) electrons. The smallest absolute Gasteiger partial charge is 0.355 e. The van der Waals surface area contributed by atoms with Crippen molar-refractivity contribution in [3.63, 3.8) is 0 Å². The maximum Gasteiger partial charge on any atom is 0.355 e. The Balaban J connectivity index is 2.85. The predicted octanol–water partition coefficient (Wildman–Crippen LogP) is 1.20. The molecule has 0 spiro atoms. The van der Waals surface area contributed by atoms with Crippen molar-refractivity contribution in [2.45, 2.75) is 40.7 Å². The van der Waals surface area contributed by atoms with E-state index in [2.05, 4.69) is 15.6 Å². The van der Waals surface area contributed by atoms with Crippen LogP contribution >= 0.6 is 0 Å². The molecule has 0 unspecified atom stereocenters. The van der Waals surface area contributed by atoms with Crippen LogP contribution in [0.2, 0.25) is 0 Å². The van der Waals surface area contributed by atoms with Crippen molar-refractivity contribution in [2.24, 2.45) is 0 Å². The molecule has 0 aliphatic rings. The number of imide groups is 1. The first-order valence-electron chi connectivity index (χ1n) is 7.88. The third-order valence-electron chi connectivity index (χ3n) is 3.35. The number of aromatic nitrogens is 1. The van der Waals surface area contributed by atoms with Crippen LogP contribution in [0.15, 0.2) is 0 Å². The van der Waals surface area contributed by atoms with E-state index >= 15 is 0 Å². The van der Waals surface area contributed by atoms with Crippen LogP contribution in [0.1, 0.15) is 52.9 Å². The van der Waals surface area contributed by atoms with Gasteiger partial charge < -0.3 is 19.8 Å². The highest BCUT2D eigenvalue weighted by Gasteiger charge is 2.27. The van der Waals surface area contributed by atoms with E-state index in [0.717, 1.165) is 0 Å². The number of carbonyl (C=O) groups is 4. The second-order valence-electron chi connectivity index (χ2n) is 5.24. The van der Waals surface area contributed by atoms with Gasteiger partial charge in [0, 0.05) is 12.2 Å². The molecule has 138 valence electrons. The van der Waals surface area contributed by atoms with Crippen molar-refractivity contribution in [2.75, 3.05) is 13.2 Å². The van der Waals surface area contributed by atoms with Gasteiger partial charge >= 0.3 is 18.0 Å². The van der Waals surface area contributed by atoms with E-state index in [1.165, 1.54) is 6.92 Å². The summed E-state index contributed by atoms with van der Waals surface area (Å²) in [6.07, 6.45) is -1.19. The third kappa shape index (κ3) is 5.07. The normalized spacial score (nSPS) is 11.4. The number of hydrogen-bond donors (Lipinski definition) is 3. The number of ether oxygens (including phenoxy) is 2. The van der Waals surface area contributed by atoms with Crippen LogP contribution in [0.3, 0.4) is 0 Å². The Morgan fingerprint density at radius 2 is 1.76 bits per heavy atom. The standard InChI is InChI=1S/C16H23N3O6/c1-6-17-16(23)19-13(20)10(5)25-14(21)11-8(3)12(18-9(11)4)15(22)24-7-2/h10,18H,6-7H2,1-5H3,(H2,17,19,20,23)/t10-/m0/s1. The largest absolute Gasteiger partial charge is 0.461 e. The van der Waals surface area contributed by atoms with Crippen molar-refractivity contribution in [3.05, 3.63) is 22.5 Å². The van der Waals surface area contributed by atoms with Crippen molar-refractivity contribution in [1.29, 1.82) is 0 Å². The molecule has 0 saturated carbocycles. The zero-order chi connectivity index (χ0) is 19.1. The quantitative estimate of drug-likeness (QED) is 0.660. The Kier molecular flexibility index (Phi) is 7.16. The maximum absolute atomic E-state index is 12.3. The van der Waals surface area contributed by atoms with Gasteiger partial charge in [-0.05, 0) is 40.2 Å². The molecule has 0 fully saturated rings.